The van der Waals surface area contributed by atoms with Crippen molar-refractivity contribution >= 4 is 5.97 Å². The second-order valence-corrected chi connectivity index (χ2v) is 11.8. The Bertz CT molecular complexity index is 624. The van der Waals surface area contributed by atoms with Crippen LogP contribution in [-0.2, 0) is 19.0 Å². The quantitative estimate of drug-likeness (QED) is 0.0671. The van der Waals surface area contributed by atoms with Gasteiger partial charge in [-0.2, -0.15) is 0 Å². The monoisotopic (exact) mass is 570 g/mol. The molecule has 236 valence electrons. The van der Waals surface area contributed by atoms with Crippen LogP contribution in [0.25, 0.3) is 0 Å². The summed E-state index contributed by atoms with van der Waals surface area (Å²) in [6.07, 6.45) is 21.8. The lowest BCUT2D eigenvalue weighted by atomic mass is 10.0. The first kappa shape index (κ1) is 37.0. The summed E-state index contributed by atoms with van der Waals surface area (Å²) in [5, 5.41) is 30.3. The van der Waals surface area contributed by atoms with E-state index >= 15 is 0 Å². The second kappa shape index (κ2) is 25.7. The maximum absolute atomic E-state index is 11.6. The van der Waals surface area contributed by atoms with Gasteiger partial charge < -0.3 is 29.5 Å². The van der Waals surface area contributed by atoms with Crippen LogP contribution in [0, 0.1) is 0 Å². The molecule has 0 unspecified atom stereocenters. The van der Waals surface area contributed by atoms with Crippen molar-refractivity contribution in [1.82, 2.24) is 0 Å². The molecule has 0 radical (unpaired) electrons. The first-order valence-corrected chi connectivity index (χ1v) is 16.5. The van der Waals surface area contributed by atoms with Crippen molar-refractivity contribution in [1.29, 1.82) is 0 Å². The van der Waals surface area contributed by atoms with Crippen molar-refractivity contribution in [3.05, 3.63) is 11.6 Å². The van der Waals surface area contributed by atoms with E-state index in [9.17, 15) is 20.1 Å². The maximum atomic E-state index is 11.6. The molecular formula is C33H62O7. The standard InChI is InChI=1S/C33H62O7/c1-3-4-5-6-7-8-11-15-21-31(35)26-38-23-24-39-27-32(36)22-17-16-20-30(34)19-14-12-9-10-13-18-29-25-28(2)40-33(29)37/h25,28,30-32,34-36H,3-24,26-27H2,1-2H3/t28-,30+,31-,32-/m0/s1. The highest BCUT2D eigenvalue weighted by atomic mass is 16.5. The van der Waals surface area contributed by atoms with Crippen molar-refractivity contribution in [3.8, 4) is 0 Å². The van der Waals surface area contributed by atoms with E-state index in [1.54, 1.807) is 0 Å². The highest BCUT2D eigenvalue weighted by Gasteiger charge is 2.21. The van der Waals surface area contributed by atoms with E-state index < -0.39 is 12.2 Å². The number of carbonyl (C=O) groups excluding carboxylic acids is 1. The predicted octanol–water partition coefficient (Wildman–Crippen LogP) is 6.80. The Morgan fingerprint density at radius 3 is 1.57 bits per heavy atom. The van der Waals surface area contributed by atoms with Crippen LogP contribution in [-0.4, -0.2) is 72.1 Å². The third kappa shape index (κ3) is 21.7. The molecule has 0 amide bonds. The Kier molecular flexibility index (Phi) is 23.8. The molecule has 4 atom stereocenters. The molecule has 0 aromatic heterocycles. The molecule has 1 aliphatic rings. The van der Waals surface area contributed by atoms with Gasteiger partial charge in [0.25, 0.3) is 0 Å². The average Bonchev–Trinajstić information content (AvgIpc) is 3.25. The lowest BCUT2D eigenvalue weighted by molar-refractivity contribution is -0.139. The minimum Gasteiger partial charge on any atom is -0.455 e. The molecule has 0 saturated heterocycles. The van der Waals surface area contributed by atoms with Gasteiger partial charge in [0.15, 0.2) is 0 Å². The van der Waals surface area contributed by atoms with Crippen molar-refractivity contribution in [2.24, 2.45) is 0 Å². The van der Waals surface area contributed by atoms with Crippen LogP contribution in [0.2, 0.25) is 0 Å². The third-order valence-corrected chi connectivity index (χ3v) is 7.68. The maximum Gasteiger partial charge on any atom is 0.334 e. The van der Waals surface area contributed by atoms with Gasteiger partial charge in [0.05, 0.1) is 44.7 Å². The molecule has 1 aliphatic heterocycles. The number of aliphatic hydroxyl groups is 3. The highest BCUT2D eigenvalue weighted by molar-refractivity contribution is 5.90. The van der Waals surface area contributed by atoms with Gasteiger partial charge in [-0.3, -0.25) is 0 Å². The van der Waals surface area contributed by atoms with Gasteiger partial charge in [-0.25, -0.2) is 4.79 Å². The van der Waals surface area contributed by atoms with Crippen LogP contribution >= 0.6 is 0 Å². The average molecular weight is 571 g/mol. The Labute approximate surface area is 245 Å². The first-order chi connectivity index (χ1) is 19.4. The summed E-state index contributed by atoms with van der Waals surface area (Å²) in [5.41, 5.74) is 0.823. The number of aliphatic hydroxyl groups excluding tert-OH is 3. The van der Waals surface area contributed by atoms with Crippen molar-refractivity contribution < 1.29 is 34.3 Å². The van der Waals surface area contributed by atoms with Crippen LogP contribution in [0.15, 0.2) is 11.6 Å². The molecule has 0 aromatic carbocycles. The van der Waals surface area contributed by atoms with Gasteiger partial charge in [0.1, 0.15) is 6.10 Å². The zero-order chi connectivity index (χ0) is 29.3. The van der Waals surface area contributed by atoms with E-state index in [1.807, 2.05) is 13.0 Å². The number of carbonyl (C=O) groups is 1. The summed E-state index contributed by atoms with van der Waals surface area (Å²) in [6.45, 7) is 5.62. The molecule has 1 heterocycles. The number of cyclic esters (lactones) is 1. The van der Waals surface area contributed by atoms with Crippen molar-refractivity contribution in [2.45, 2.75) is 167 Å². The van der Waals surface area contributed by atoms with E-state index in [-0.39, 0.29) is 18.2 Å². The summed E-state index contributed by atoms with van der Waals surface area (Å²) >= 11 is 0. The van der Waals surface area contributed by atoms with Gasteiger partial charge in [0, 0.05) is 5.57 Å². The van der Waals surface area contributed by atoms with Gasteiger partial charge in [0.2, 0.25) is 0 Å². The Balaban J connectivity index is 1.82. The number of unbranched alkanes of at least 4 members (excludes halogenated alkanes) is 12. The number of hydrogen-bond donors (Lipinski definition) is 3. The molecule has 0 bridgehead atoms. The van der Waals surface area contributed by atoms with Crippen molar-refractivity contribution in [2.75, 3.05) is 26.4 Å². The molecule has 0 fully saturated rings. The second-order valence-electron chi connectivity index (χ2n) is 11.8. The smallest absolute Gasteiger partial charge is 0.334 e. The first-order valence-electron chi connectivity index (χ1n) is 16.5. The lowest BCUT2D eigenvalue weighted by Crippen LogP contribution is -2.20. The number of rotatable bonds is 29. The molecule has 0 aliphatic carbocycles. The number of esters is 1. The van der Waals surface area contributed by atoms with Gasteiger partial charge in [-0.1, -0.05) is 96.8 Å². The predicted molar refractivity (Wildman–Crippen MR) is 161 cm³/mol. The summed E-state index contributed by atoms with van der Waals surface area (Å²) in [7, 11) is 0. The normalized spacial score (nSPS) is 17.6. The van der Waals surface area contributed by atoms with Gasteiger partial charge in [-0.05, 0) is 51.5 Å². The zero-order valence-electron chi connectivity index (χ0n) is 25.8. The van der Waals surface area contributed by atoms with Gasteiger partial charge in [-0.15, -0.1) is 0 Å². The van der Waals surface area contributed by atoms with E-state index in [2.05, 4.69) is 6.92 Å². The topological polar surface area (TPSA) is 105 Å². The fourth-order valence-electron chi connectivity index (χ4n) is 5.18. The van der Waals surface area contributed by atoms with Crippen LogP contribution in [0.1, 0.15) is 142 Å². The van der Waals surface area contributed by atoms with Gasteiger partial charge >= 0.3 is 5.97 Å². The minimum absolute atomic E-state index is 0.0777. The van der Waals surface area contributed by atoms with Crippen LogP contribution in [0.3, 0.4) is 0 Å². The van der Waals surface area contributed by atoms with Crippen molar-refractivity contribution in [3.63, 3.8) is 0 Å². The summed E-state index contributed by atoms with van der Waals surface area (Å²) in [6, 6.07) is 0. The Hall–Kier alpha value is -0.990. The van der Waals surface area contributed by atoms with Crippen LogP contribution in [0.5, 0.6) is 0 Å². The van der Waals surface area contributed by atoms with E-state index in [4.69, 9.17) is 14.2 Å². The largest absolute Gasteiger partial charge is 0.455 e. The summed E-state index contributed by atoms with van der Waals surface area (Å²) in [5.74, 6) is -0.156. The highest BCUT2D eigenvalue weighted by Crippen LogP contribution is 2.20. The summed E-state index contributed by atoms with van der Waals surface area (Å²) in [4.78, 5) is 11.6. The minimum atomic E-state index is -0.491. The van der Waals surface area contributed by atoms with E-state index in [0.29, 0.717) is 32.8 Å². The van der Waals surface area contributed by atoms with E-state index in [0.717, 1.165) is 82.6 Å². The molecule has 0 saturated carbocycles. The molecule has 7 heteroatoms. The zero-order valence-corrected chi connectivity index (χ0v) is 25.8. The summed E-state index contributed by atoms with van der Waals surface area (Å²) < 4.78 is 16.1. The fourth-order valence-corrected chi connectivity index (χ4v) is 5.18. The molecule has 7 nitrogen and oxygen atoms in total. The number of hydrogen-bond acceptors (Lipinski definition) is 7. The molecule has 40 heavy (non-hydrogen) atoms. The molecule has 0 aromatic rings. The molecule has 1 rings (SSSR count). The van der Waals surface area contributed by atoms with E-state index in [1.165, 1.54) is 44.9 Å². The number of ether oxygens (including phenoxy) is 3. The lowest BCUT2D eigenvalue weighted by Gasteiger charge is -2.14. The fraction of sp³-hybridized carbons (Fsp3) is 0.909. The molecule has 3 N–H and O–H groups in total. The Morgan fingerprint density at radius 2 is 1.10 bits per heavy atom. The molecule has 0 spiro atoms. The third-order valence-electron chi connectivity index (χ3n) is 7.68. The SMILES string of the molecule is CCCCCCCCCC[C@H](O)COCCOC[C@@H](O)CCCC[C@H](O)CCCCCCCC1=C[C@H](C)OC1=O. The Morgan fingerprint density at radius 1 is 0.675 bits per heavy atom. The van der Waals surface area contributed by atoms with Crippen LogP contribution < -0.4 is 0 Å². The molecular weight excluding hydrogens is 508 g/mol. The van der Waals surface area contributed by atoms with Crippen LogP contribution in [0.4, 0.5) is 0 Å².